The van der Waals surface area contributed by atoms with Crippen LogP contribution in [0.4, 0.5) is 5.82 Å². The van der Waals surface area contributed by atoms with Gasteiger partial charge in [-0.15, -0.1) is 0 Å². The van der Waals surface area contributed by atoms with Crippen molar-refractivity contribution < 1.29 is 0 Å². The summed E-state index contributed by atoms with van der Waals surface area (Å²) in [6.45, 7) is 3.03. The minimum absolute atomic E-state index is 0.0205. The topological polar surface area (TPSA) is 96.8 Å². The van der Waals surface area contributed by atoms with Gasteiger partial charge in [-0.25, -0.2) is 14.8 Å². The number of aryl methyl sites for hydroxylation is 1. The first-order valence-electron chi connectivity index (χ1n) is 7.76. The maximum absolute atomic E-state index is 12.3. The Morgan fingerprint density at radius 3 is 2.71 bits per heavy atom. The second kappa shape index (κ2) is 5.92. The number of fused-ring (bicyclic) bond motifs is 1. The van der Waals surface area contributed by atoms with Crippen molar-refractivity contribution >= 4 is 5.82 Å². The van der Waals surface area contributed by atoms with Crippen LogP contribution >= 0.6 is 0 Å². The van der Waals surface area contributed by atoms with E-state index in [0.29, 0.717) is 25.3 Å². The summed E-state index contributed by atoms with van der Waals surface area (Å²) in [5.74, 6) is 1.11. The number of anilines is 1. The highest BCUT2D eigenvalue weighted by Crippen LogP contribution is 2.23. The first-order chi connectivity index (χ1) is 11.5. The highest BCUT2D eigenvalue weighted by atomic mass is 16.2. The average Bonchev–Trinajstić information content (AvgIpc) is 2.61. The molecule has 2 aromatic rings. The zero-order valence-electron chi connectivity index (χ0n) is 13.9. The third-order valence-electron chi connectivity index (χ3n) is 4.36. The molecule has 3 heterocycles. The average molecular weight is 326 g/mol. The Morgan fingerprint density at radius 1 is 1.29 bits per heavy atom. The molecule has 0 amide bonds. The first kappa shape index (κ1) is 15.9. The van der Waals surface area contributed by atoms with Crippen molar-refractivity contribution in [3.63, 3.8) is 0 Å². The summed E-state index contributed by atoms with van der Waals surface area (Å²) < 4.78 is 2.31. The Balaban J connectivity index is 2.13. The monoisotopic (exact) mass is 326 g/mol. The molecule has 0 spiro atoms. The summed E-state index contributed by atoms with van der Waals surface area (Å²) in [5.41, 5.74) is 0.906. The van der Waals surface area contributed by atoms with Gasteiger partial charge in [0.1, 0.15) is 17.7 Å². The van der Waals surface area contributed by atoms with Crippen LogP contribution in [-0.2, 0) is 33.5 Å². The zero-order chi connectivity index (χ0) is 17.4. The molecular formula is C16H18N6O2. The van der Waals surface area contributed by atoms with E-state index in [2.05, 4.69) is 9.97 Å². The molecule has 1 aliphatic rings. The van der Waals surface area contributed by atoms with Crippen molar-refractivity contribution in [2.24, 2.45) is 14.1 Å². The fourth-order valence-corrected chi connectivity index (χ4v) is 3.00. The minimum Gasteiger partial charge on any atom is -0.350 e. The first-order valence-corrected chi connectivity index (χ1v) is 7.76. The molecule has 0 aliphatic carbocycles. The van der Waals surface area contributed by atoms with Crippen molar-refractivity contribution in [1.82, 2.24) is 19.1 Å². The van der Waals surface area contributed by atoms with Gasteiger partial charge in [-0.3, -0.25) is 13.9 Å². The molecule has 0 saturated carbocycles. The largest absolute Gasteiger partial charge is 0.350 e. The molecule has 0 radical (unpaired) electrons. The SMILES string of the molecule is CCc1ncc2c(n1)CN(c1c(C#N)c(=O)n(C)c(=O)n1C)CC2. The summed E-state index contributed by atoms with van der Waals surface area (Å²) in [5, 5.41) is 9.42. The minimum atomic E-state index is -0.571. The molecular weight excluding hydrogens is 308 g/mol. The van der Waals surface area contributed by atoms with Gasteiger partial charge in [0.25, 0.3) is 5.56 Å². The number of hydrogen-bond acceptors (Lipinski definition) is 6. The van der Waals surface area contributed by atoms with E-state index in [1.165, 1.54) is 11.6 Å². The molecule has 0 fully saturated rings. The van der Waals surface area contributed by atoms with Crippen molar-refractivity contribution in [3.8, 4) is 6.07 Å². The summed E-state index contributed by atoms with van der Waals surface area (Å²) in [7, 11) is 2.95. The van der Waals surface area contributed by atoms with Crippen LogP contribution in [0.1, 0.15) is 29.6 Å². The summed E-state index contributed by atoms with van der Waals surface area (Å²) >= 11 is 0. The molecule has 2 aromatic heterocycles. The molecule has 0 unspecified atom stereocenters. The lowest BCUT2D eigenvalue weighted by molar-refractivity contribution is 0.625. The zero-order valence-corrected chi connectivity index (χ0v) is 13.9. The van der Waals surface area contributed by atoms with Crippen LogP contribution in [-0.4, -0.2) is 25.6 Å². The molecule has 0 N–H and O–H groups in total. The van der Waals surface area contributed by atoms with E-state index in [0.717, 1.165) is 28.1 Å². The van der Waals surface area contributed by atoms with Crippen LogP contribution in [0.5, 0.6) is 0 Å². The maximum Gasteiger partial charge on any atom is 0.332 e. The fraction of sp³-hybridized carbons (Fsp3) is 0.438. The summed E-state index contributed by atoms with van der Waals surface area (Å²) in [6.07, 6.45) is 3.28. The lowest BCUT2D eigenvalue weighted by Crippen LogP contribution is -2.44. The van der Waals surface area contributed by atoms with Gasteiger partial charge in [-0.1, -0.05) is 6.92 Å². The third kappa shape index (κ3) is 2.38. The van der Waals surface area contributed by atoms with Crippen molar-refractivity contribution in [3.05, 3.63) is 49.7 Å². The molecule has 0 atom stereocenters. The third-order valence-corrected chi connectivity index (χ3v) is 4.36. The summed E-state index contributed by atoms with van der Waals surface area (Å²) in [4.78, 5) is 35.2. The smallest absolute Gasteiger partial charge is 0.332 e. The van der Waals surface area contributed by atoms with E-state index >= 15 is 0 Å². The van der Waals surface area contributed by atoms with Crippen LogP contribution < -0.4 is 16.1 Å². The van der Waals surface area contributed by atoms with E-state index in [1.807, 2.05) is 24.1 Å². The predicted octanol–water partition coefficient (Wildman–Crippen LogP) is -0.129. The van der Waals surface area contributed by atoms with E-state index < -0.39 is 11.2 Å². The van der Waals surface area contributed by atoms with Gasteiger partial charge in [0.05, 0.1) is 12.2 Å². The lowest BCUT2D eigenvalue weighted by Gasteiger charge is -2.31. The van der Waals surface area contributed by atoms with Crippen molar-refractivity contribution in [2.45, 2.75) is 26.3 Å². The summed E-state index contributed by atoms with van der Waals surface area (Å²) in [6, 6.07) is 1.95. The molecule has 1 aliphatic heterocycles. The van der Waals surface area contributed by atoms with Gasteiger partial charge in [0, 0.05) is 33.3 Å². The van der Waals surface area contributed by atoms with E-state index in [9.17, 15) is 14.9 Å². The van der Waals surface area contributed by atoms with Crippen LogP contribution in [0.3, 0.4) is 0 Å². The highest BCUT2D eigenvalue weighted by molar-refractivity contribution is 5.54. The number of hydrogen-bond donors (Lipinski definition) is 0. The number of nitriles is 1. The molecule has 3 rings (SSSR count). The number of aromatic nitrogens is 4. The van der Waals surface area contributed by atoms with Crippen LogP contribution in [0.25, 0.3) is 0 Å². The molecule has 124 valence electrons. The number of nitrogens with zero attached hydrogens (tertiary/aromatic N) is 6. The molecule has 0 bridgehead atoms. The highest BCUT2D eigenvalue weighted by Gasteiger charge is 2.25. The fourth-order valence-electron chi connectivity index (χ4n) is 3.00. The quantitative estimate of drug-likeness (QED) is 0.763. The van der Waals surface area contributed by atoms with Crippen LogP contribution in [0, 0.1) is 11.3 Å². The van der Waals surface area contributed by atoms with Gasteiger partial charge >= 0.3 is 5.69 Å². The van der Waals surface area contributed by atoms with Crippen molar-refractivity contribution in [2.75, 3.05) is 11.4 Å². The van der Waals surface area contributed by atoms with Crippen LogP contribution in [0.15, 0.2) is 15.8 Å². The lowest BCUT2D eigenvalue weighted by atomic mass is 10.1. The Kier molecular flexibility index (Phi) is 3.93. The second-order valence-corrected chi connectivity index (χ2v) is 5.80. The molecule has 24 heavy (non-hydrogen) atoms. The second-order valence-electron chi connectivity index (χ2n) is 5.80. The van der Waals surface area contributed by atoms with Gasteiger partial charge < -0.3 is 4.90 Å². The van der Waals surface area contributed by atoms with Gasteiger partial charge in [-0.2, -0.15) is 5.26 Å². The molecule has 0 saturated heterocycles. The maximum atomic E-state index is 12.3. The van der Waals surface area contributed by atoms with Crippen molar-refractivity contribution in [1.29, 1.82) is 5.26 Å². The Bertz CT molecular complexity index is 966. The predicted molar refractivity (Wildman–Crippen MR) is 87.8 cm³/mol. The van der Waals surface area contributed by atoms with E-state index in [4.69, 9.17) is 0 Å². The Morgan fingerprint density at radius 2 is 2.04 bits per heavy atom. The Hall–Kier alpha value is -2.95. The van der Waals surface area contributed by atoms with Crippen LogP contribution in [0.2, 0.25) is 0 Å². The Labute approximate surface area is 138 Å². The van der Waals surface area contributed by atoms with Gasteiger partial charge in [0.2, 0.25) is 0 Å². The van der Waals surface area contributed by atoms with Gasteiger partial charge in [-0.05, 0) is 12.0 Å². The number of rotatable bonds is 2. The van der Waals surface area contributed by atoms with E-state index in [1.54, 1.807) is 7.05 Å². The normalized spacial score (nSPS) is 13.5. The molecule has 8 heteroatoms. The van der Waals surface area contributed by atoms with Gasteiger partial charge in [0.15, 0.2) is 5.56 Å². The molecule has 8 nitrogen and oxygen atoms in total. The standard InChI is InChI=1S/C16H18N6O2/c1-4-13-18-8-10-5-6-22(9-12(10)19-13)14-11(7-17)15(23)21(3)16(24)20(14)2/h8H,4-6,9H2,1-3H3. The van der Waals surface area contributed by atoms with E-state index in [-0.39, 0.29) is 5.56 Å². The molecule has 0 aromatic carbocycles.